The maximum Gasteiger partial charge on any atom is 0.0546 e. The van der Waals surface area contributed by atoms with Crippen LogP contribution >= 0.6 is 0 Å². The first kappa shape index (κ1) is 26.7. The fraction of sp³-hybridized carbons (Fsp3) is 0. The smallest absolute Gasteiger partial charge is 0.0546 e. The van der Waals surface area contributed by atoms with Crippen LogP contribution in [0.5, 0.6) is 0 Å². The Hall–Kier alpha value is -5.92. The average Bonchev–Trinajstić information content (AvgIpc) is 3.13. The Labute approximate surface area is 264 Å². The van der Waals surface area contributed by atoms with Gasteiger partial charge in [0.1, 0.15) is 0 Å². The van der Waals surface area contributed by atoms with Crippen molar-refractivity contribution in [3.63, 3.8) is 0 Å². The monoisotopic (exact) mass is 573 g/mol. The normalized spacial score (nSPS) is 11.1. The Morgan fingerprint density at radius 1 is 0.289 bits per heavy atom. The van der Waals surface area contributed by atoms with E-state index in [9.17, 15) is 0 Å². The standard InChI is InChI=1S/C44H31N/c1-4-16-32(17-5-1)38-29-28-36(31-42(38)34-20-8-3-9-21-34)45(43-27-15-14-24-39(43)33-18-6-2-7-19-33)44-30-35-22-10-11-23-37(35)40-25-12-13-26-41(40)44/h1-31H. The number of benzene rings is 8. The highest BCUT2D eigenvalue weighted by Gasteiger charge is 2.21. The Bertz CT molecular complexity index is 2250. The molecule has 1 heteroatoms. The van der Waals surface area contributed by atoms with Crippen LogP contribution in [0.2, 0.25) is 0 Å². The van der Waals surface area contributed by atoms with Gasteiger partial charge in [-0.3, -0.25) is 0 Å². The maximum atomic E-state index is 2.46. The van der Waals surface area contributed by atoms with Crippen LogP contribution in [0, 0.1) is 0 Å². The van der Waals surface area contributed by atoms with Gasteiger partial charge in [0.2, 0.25) is 0 Å². The van der Waals surface area contributed by atoms with Crippen LogP contribution in [0.1, 0.15) is 0 Å². The van der Waals surface area contributed by atoms with Crippen LogP contribution in [-0.2, 0) is 0 Å². The van der Waals surface area contributed by atoms with Gasteiger partial charge >= 0.3 is 0 Å². The highest BCUT2D eigenvalue weighted by molar-refractivity contribution is 6.15. The molecule has 0 unspecified atom stereocenters. The fourth-order valence-electron chi connectivity index (χ4n) is 6.56. The van der Waals surface area contributed by atoms with Gasteiger partial charge in [-0.05, 0) is 68.2 Å². The van der Waals surface area contributed by atoms with E-state index >= 15 is 0 Å². The van der Waals surface area contributed by atoms with E-state index in [1.165, 1.54) is 54.9 Å². The van der Waals surface area contributed by atoms with Crippen LogP contribution in [0.4, 0.5) is 17.1 Å². The summed E-state index contributed by atoms with van der Waals surface area (Å²) in [5.74, 6) is 0. The lowest BCUT2D eigenvalue weighted by atomic mass is 9.93. The summed E-state index contributed by atoms with van der Waals surface area (Å²) in [6.07, 6.45) is 0. The number of para-hydroxylation sites is 1. The lowest BCUT2D eigenvalue weighted by Gasteiger charge is -2.30. The van der Waals surface area contributed by atoms with Gasteiger partial charge in [-0.2, -0.15) is 0 Å². The van der Waals surface area contributed by atoms with Crippen LogP contribution < -0.4 is 4.90 Å². The predicted octanol–water partition coefficient (Wildman–Crippen LogP) is 12.5. The van der Waals surface area contributed by atoms with Crippen molar-refractivity contribution < 1.29 is 0 Å². The molecule has 0 bridgehead atoms. The van der Waals surface area contributed by atoms with E-state index in [0.29, 0.717) is 0 Å². The third-order valence-electron chi connectivity index (χ3n) is 8.65. The zero-order valence-corrected chi connectivity index (χ0v) is 24.8. The molecule has 0 saturated carbocycles. The third kappa shape index (κ3) is 4.95. The molecule has 0 saturated heterocycles. The number of rotatable bonds is 6. The van der Waals surface area contributed by atoms with Gasteiger partial charge in [0.15, 0.2) is 0 Å². The summed E-state index contributed by atoms with van der Waals surface area (Å²) in [5, 5.41) is 4.94. The maximum absolute atomic E-state index is 2.46. The summed E-state index contributed by atoms with van der Waals surface area (Å²) in [6.45, 7) is 0. The summed E-state index contributed by atoms with van der Waals surface area (Å²) in [7, 11) is 0. The zero-order chi connectivity index (χ0) is 30.0. The fourth-order valence-corrected chi connectivity index (χ4v) is 6.56. The average molecular weight is 574 g/mol. The molecule has 0 aliphatic carbocycles. The Morgan fingerprint density at radius 2 is 0.800 bits per heavy atom. The minimum absolute atomic E-state index is 1.11. The lowest BCUT2D eigenvalue weighted by molar-refractivity contribution is 1.30. The molecule has 8 aromatic rings. The molecular formula is C44H31N. The van der Waals surface area contributed by atoms with E-state index in [4.69, 9.17) is 0 Å². The molecule has 0 heterocycles. The quantitative estimate of drug-likeness (QED) is 0.179. The van der Waals surface area contributed by atoms with Crippen molar-refractivity contribution in [3.8, 4) is 33.4 Å². The van der Waals surface area contributed by atoms with E-state index in [1.54, 1.807) is 0 Å². The molecule has 1 nitrogen and oxygen atoms in total. The highest BCUT2D eigenvalue weighted by Crippen LogP contribution is 2.47. The van der Waals surface area contributed by atoms with E-state index < -0.39 is 0 Å². The molecule has 0 aromatic heterocycles. The molecule has 0 amide bonds. The number of fused-ring (bicyclic) bond motifs is 3. The molecule has 0 radical (unpaired) electrons. The van der Waals surface area contributed by atoms with Crippen molar-refractivity contribution in [3.05, 3.63) is 188 Å². The number of nitrogens with zero attached hydrogens (tertiary/aromatic N) is 1. The van der Waals surface area contributed by atoms with Crippen LogP contribution in [0.3, 0.4) is 0 Å². The van der Waals surface area contributed by atoms with Gasteiger partial charge in [0.25, 0.3) is 0 Å². The summed E-state index contributed by atoms with van der Waals surface area (Å²) < 4.78 is 0. The van der Waals surface area contributed by atoms with E-state index in [-0.39, 0.29) is 0 Å². The van der Waals surface area contributed by atoms with Crippen LogP contribution in [-0.4, -0.2) is 0 Å². The van der Waals surface area contributed by atoms with E-state index in [0.717, 1.165) is 17.1 Å². The molecule has 0 atom stereocenters. The number of anilines is 3. The molecule has 0 aliphatic heterocycles. The molecular weight excluding hydrogens is 542 g/mol. The first-order valence-corrected chi connectivity index (χ1v) is 15.5. The zero-order valence-electron chi connectivity index (χ0n) is 24.8. The van der Waals surface area contributed by atoms with Crippen molar-refractivity contribution in [2.75, 3.05) is 4.90 Å². The minimum Gasteiger partial charge on any atom is -0.309 e. The van der Waals surface area contributed by atoms with E-state index in [1.807, 2.05) is 0 Å². The summed E-state index contributed by atoms with van der Waals surface area (Å²) in [6, 6.07) is 67.7. The second kappa shape index (κ2) is 11.6. The minimum atomic E-state index is 1.11. The third-order valence-corrected chi connectivity index (χ3v) is 8.65. The summed E-state index contributed by atoms with van der Waals surface area (Å²) in [4.78, 5) is 2.46. The molecule has 8 rings (SSSR count). The van der Waals surface area contributed by atoms with Crippen molar-refractivity contribution in [1.82, 2.24) is 0 Å². The first-order chi connectivity index (χ1) is 22.3. The van der Waals surface area contributed by atoms with Gasteiger partial charge in [0, 0.05) is 16.6 Å². The molecule has 0 aliphatic rings. The molecule has 8 aromatic carbocycles. The van der Waals surface area contributed by atoms with Gasteiger partial charge in [0.05, 0.1) is 11.4 Å². The van der Waals surface area contributed by atoms with Gasteiger partial charge < -0.3 is 4.90 Å². The molecule has 0 fully saturated rings. The number of hydrogen-bond donors (Lipinski definition) is 0. The molecule has 45 heavy (non-hydrogen) atoms. The van der Waals surface area contributed by atoms with Crippen LogP contribution in [0.15, 0.2) is 188 Å². The van der Waals surface area contributed by atoms with Crippen molar-refractivity contribution in [2.45, 2.75) is 0 Å². The van der Waals surface area contributed by atoms with Crippen molar-refractivity contribution in [1.29, 1.82) is 0 Å². The molecule has 212 valence electrons. The van der Waals surface area contributed by atoms with Crippen molar-refractivity contribution >= 4 is 38.6 Å². The summed E-state index contributed by atoms with van der Waals surface area (Å²) in [5.41, 5.74) is 10.6. The van der Waals surface area contributed by atoms with Crippen molar-refractivity contribution in [2.24, 2.45) is 0 Å². The van der Waals surface area contributed by atoms with Gasteiger partial charge in [-0.15, -0.1) is 0 Å². The summed E-state index contributed by atoms with van der Waals surface area (Å²) >= 11 is 0. The predicted molar refractivity (Wildman–Crippen MR) is 192 cm³/mol. The lowest BCUT2D eigenvalue weighted by Crippen LogP contribution is -2.12. The van der Waals surface area contributed by atoms with E-state index in [2.05, 4.69) is 193 Å². The second-order valence-electron chi connectivity index (χ2n) is 11.3. The van der Waals surface area contributed by atoms with Gasteiger partial charge in [-0.25, -0.2) is 0 Å². The largest absolute Gasteiger partial charge is 0.309 e. The molecule has 0 N–H and O–H groups in total. The topological polar surface area (TPSA) is 3.24 Å². The second-order valence-corrected chi connectivity index (χ2v) is 11.3. The Kier molecular flexibility index (Phi) is 6.90. The highest BCUT2D eigenvalue weighted by atomic mass is 15.1. The van der Waals surface area contributed by atoms with Crippen LogP contribution in [0.25, 0.3) is 54.9 Å². The Balaban J connectivity index is 1.46. The van der Waals surface area contributed by atoms with Gasteiger partial charge in [-0.1, -0.05) is 164 Å². The first-order valence-electron chi connectivity index (χ1n) is 15.5. The Morgan fingerprint density at radius 3 is 1.49 bits per heavy atom. The molecule has 0 spiro atoms. The number of hydrogen-bond acceptors (Lipinski definition) is 1. The SMILES string of the molecule is c1ccc(-c2ccc(N(c3ccccc3-c3ccccc3)c3cc4ccccc4c4ccccc34)cc2-c2ccccc2)cc1.